The predicted molar refractivity (Wildman–Crippen MR) is 106 cm³/mol. The fourth-order valence-corrected chi connectivity index (χ4v) is 4.81. The minimum atomic E-state index is -0.270. The third kappa shape index (κ3) is 4.79. The second-order valence-corrected chi connectivity index (χ2v) is 7.71. The van der Waals surface area contributed by atoms with Gasteiger partial charge in [-0.3, -0.25) is 9.59 Å². The number of thiophene rings is 1. The summed E-state index contributed by atoms with van der Waals surface area (Å²) < 4.78 is 0.768. The molecule has 1 heterocycles. The molecule has 0 atom stereocenters. The van der Waals surface area contributed by atoms with Crippen LogP contribution in [-0.2, 0) is 4.79 Å². The lowest BCUT2D eigenvalue weighted by Gasteiger charge is -2.18. The lowest BCUT2D eigenvalue weighted by Crippen LogP contribution is -2.31. The molecule has 0 aliphatic rings. The van der Waals surface area contributed by atoms with Crippen LogP contribution < -0.4 is 5.32 Å². The van der Waals surface area contributed by atoms with E-state index < -0.39 is 0 Å². The number of amides is 2. The summed E-state index contributed by atoms with van der Waals surface area (Å²) in [5, 5.41) is 4.70. The third-order valence-corrected chi connectivity index (χ3v) is 5.97. The van der Waals surface area contributed by atoms with E-state index in [4.69, 9.17) is 34.8 Å². The van der Waals surface area contributed by atoms with Gasteiger partial charge in [-0.15, -0.1) is 11.3 Å². The summed E-state index contributed by atoms with van der Waals surface area (Å²) in [4.78, 5) is 26.5. The van der Waals surface area contributed by atoms with Crippen molar-refractivity contribution in [1.29, 1.82) is 0 Å². The highest BCUT2D eigenvalue weighted by Gasteiger charge is 2.19. The van der Waals surface area contributed by atoms with E-state index in [9.17, 15) is 9.59 Å². The van der Waals surface area contributed by atoms with Gasteiger partial charge < -0.3 is 10.2 Å². The number of carbonyl (C=O) groups is 2. The molecule has 0 saturated carbocycles. The minimum absolute atomic E-state index is 0.0977. The number of carbonyl (C=O) groups excluding carboxylic acids is 2. The van der Waals surface area contributed by atoms with Crippen molar-refractivity contribution in [2.75, 3.05) is 19.6 Å². The van der Waals surface area contributed by atoms with Gasteiger partial charge in [-0.1, -0.05) is 34.8 Å². The second-order valence-electron chi connectivity index (χ2n) is 5.43. The Morgan fingerprint density at radius 1 is 1.16 bits per heavy atom. The molecule has 4 nitrogen and oxygen atoms in total. The van der Waals surface area contributed by atoms with Crippen LogP contribution in [-0.4, -0.2) is 36.3 Å². The minimum Gasteiger partial charge on any atom is -0.351 e. The maximum Gasteiger partial charge on any atom is 0.262 e. The Bertz CT molecular complexity index is 788. The van der Waals surface area contributed by atoms with E-state index in [1.807, 2.05) is 13.8 Å². The molecule has 0 saturated heterocycles. The first-order valence-electron chi connectivity index (χ1n) is 8.02. The molecule has 0 aliphatic carbocycles. The first-order valence-corrected chi connectivity index (χ1v) is 9.97. The van der Waals surface area contributed by atoms with Crippen molar-refractivity contribution in [3.8, 4) is 0 Å². The molecule has 1 N–H and O–H groups in total. The van der Waals surface area contributed by atoms with Gasteiger partial charge in [-0.25, -0.2) is 0 Å². The molecule has 2 aromatic rings. The van der Waals surface area contributed by atoms with Crippen molar-refractivity contribution < 1.29 is 9.59 Å². The van der Waals surface area contributed by atoms with Crippen molar-refractivity contribution in [3.63, 3.8) is 0 Å². The molecule has 0 fully saturated rings. The molecule has 0 radical (unpaired) electrons. The quantitative estimate of drug-likeness (QED) is 0.621. The van der Waals surface area contributed by atoms with Crippen molar-refractivity contribution in [1.82, 2.24) is 10.2 Å². The molecule has 2 amide bonds. The first-order chi connectivity index (χ1) is 11.9. The average molecular weight is 422 g/mol. The van der Waals surface area contributed by atoms with Gasteiger partial charge in [0, 0.05) is 41.2 Å². The van der Waals surface area contributed by atoms with Crippen LogP contribution in [0.2, 0.25) is 15.1 Å². The normalized spacial score (nSPS) is 10.9. The van der Waals surface area contributed by atoms with Gasteiger partial charge in [0.1, 0.15) is 4.88 Å². The molecule has 0 unspecified atom stereocenters. The van der Waals surface area contributed by atoms with Gasteiger partial charge in [-0.2, -0.15) is 0 Å². The topological polar surface area (TPSA) is 49.4 Å². The highest BCUT2D eigenvalue weighted by Crippen LogP contribution is 2.41. The third-order valence-electron chi connectivity index (χ3n) is 3.83. The van der Waals surface area contributed by atoms with Gasteiger partial charge in [0.25, 0.3) is 5.91 Å². The molecule has 0 bridgehead atoms. The molecule has 1 aromatic carbocycles. The molecule has 0 spiro atoms. The summed E-state index contributed by atoms with van der Waals surface area (Å²) in [7, 11) is 0. The van der Waals surface area contributed by atoms with E-state index in [0.717, 1.165) is 4.70 Å². The second kappa shape index (κ2) is 9.08. The Morgan fingerprint density at radius 3 is 2.48 bits per heavy atom. The van der Waals surface area contributed by atoms with E-state index in [-0.39, 0.29) is 11.8 Å². The summed E-state index contributed by atoms with van der Waals surface area (Å²) in [5.41, 5.74) is 0. The number of fused-ring (bicyclic) bond motifs is 1. The first kappa shape index (κ1) is 20.3. The fraction of sp³-hybridized carbons (Fsp3) is 0.412. The molecular weight excluding hydrogens is 403 g/mol. The zero-order chi connectivity index (χ0) is 18.6. The average Bonchev–Trinajstić information content (AvgIpc) is 2.89. The zero-order valence-electron chi connectivity index (χ0n) is 14.0. The number of rotatable bonds is 7. The Balaban J connectivity index is 1.98. The van der Waals surface area contributed by atoms with Gasteiger partial charge in [0.15, 0.2) is 0 Å². The van der Waals surface area contributed by atoms with Crippen molar-refractivity contribution in [2.45, 2.75) is 26.7 Å². The van der Waals surface area contributed by atoms with Gasteiger partial charge >= 0.3 is 0 Å². The lowest BCUT2D eigenvalue weighted by molar-refractivity contribution is -0.130. The SMILES string of the molecule is CCN(CC)C(=O)CCCNC(=O)c1sc2cc(Cl)cc(Cl)c2c1Cl. The van der Waals surface area contributed by atoms with E-state index in [2.05, 4.69) is 5.32 Å². The van der Waals surface area contributed by atoms with Crippen LogP contribution in [0.4, 0.5) is 0 Å². The molecule has 1 aromatic heterocycles. The van der Waals surface area contributed by atoms with Crippen molar-refractivity contribution in [3.05, 3.63) is 32.1 Å². The maximum atomic E-state index is 12.4. The summed E-state index contributed by atoms with van der Waals surface area (Å²) in [6, 6.07) is 3.34. The van der Waals surface area contributed by atoms with Crippen LogP contribution in [0.25, 0.3) is 10.1 Å². The highest BCUT2D eigenvalue weighted by atomic mass is 35.5. The van der Waals surface area contributed by atoms with E-state index >= 15 is 0 Å². The van der Waals surface area contributed by atoms with Gasteiger partial charge in [0.05, 0.1) is 10.0 Å². The Kier molecular flexibility index (Phi) is 7.37. The summed E-state index contributed by atoms with van der Waals surface area (Å²) in [6.07, 6.45) is 0.986. The van der Waals surface area contributed by atoms with Crippen LogP contribution in [0.15, 0.2) is 12.1 Å². The van der Waals surface area contributed by atoms with Crippen LogP contribution in [0, 0.1) is 0 Å². The predicted octanol–water partition coefficient (Wildman–Crippen LogP) is 5.24. The van der Waals surface area contributed by atoms with Crippen LogP contribution >= 0.6 is 46.1 Å². The van der Waals surface area contributed by atoms with Gasteiger partial charge in [-0.05, 0) is 32.4 Å². The summed E-state index contributed by atoms with van der Waals surface area (Å²) >= 11 is 19.7. The molecule has 25 heavy (non-hydrogen) atoms. The number of benzene rings is 1. The zero-order valence-corrected chi connectivity index (χ0v) is 17.1. The monoisotopic (exact) mass is 420 g/mol. The smallest absolute Gasteiger partial charge is 0.262 e. The number of halogens is 3. The molecular formula is C17H19Cl3N2O2S. The number of hydrogen-bond acceptors (Lipinski definition) is 3. The number of hydrogen-bond donors (Lipinski definition) is 1. The number of nitrogens with one attached hydrogen (secondary N) is 1. The van der Waals surface area contributed by atoms with Crippen molar-refractivity contribution in [2.24, 2.45) is 0 Å². The molecule has 136 valence electrons. The molecule has 0 aliphatic heterocycles. The maximum absolute atomic E-state index is 12.4. The van der Waals surface area contributed by atoms with Crippen molar-refractivity contribution >= 4 is 68.0 Å². The Morgan fingerprint density at radius 2 is 1.84 bits per heavy atom. The van der Waals surface area contributed by atoms with Crippen LogP contribution in [0.1, 0.15) is 36.4 Å². The Hall–Kier alpha value is -1.01. The summed E-state index contributed by atoms with van der Waals surface area (Å²) in [6.45, 7) is 5.70. The number of nitrogens with zero attached hydrogens (tertiary/aromatic N) is 1. The molecule has 2 rings (SSSR count). The van der Waals surface area contributed by atoms with E-state index in [1.165, 1.54) is 11.3 Å². The van der Waals surface area contributed by atoms with Crippen LogP contribution in [0.3, 0.4) is 0 Å². The van der Waals surface area contributed by atoms with Crippen LogP contribution in [0.5, 0.6) is 0 Å². The standard InChI is InChI=1S/C17H19Cl3N2O2S/c1-3-22(4-2)13(23)6-5-7-21-17(24)16-15(20)14-11(19)8-10(18)9-12(14)25-16/h8-9H,3-7H2,1-2H3,(H,21,24). The van der Waals surface area contributed by atoms with E-state index in [1.54, 1.807) is 17.0 Å². The largest absolute Gasteiger partial charge is 0.351 e. The summed E-state index contributed by atoms with van der Waals surface area (Å²) in [5.74, 6) is -0.172. The van der Waals surface area contributed by atoms with E-state index in [0.29, 0.717) is 57.8 Å². The highest BCUT2D eigenvalue weighted by molar-refractivity contribution is 7.21. The Labute approximate surface area is 166 Å². The molecule has 8 heteroatoms. The lowest BCUT2D eigenvalue weighted by atomic mass is 10.2. The van der Waals surface area contributed by atoms with Gasteiger partial charge in [0.2, 0.25) is 5.91 Å². The fourth-order valence-electron chi connectivity index (χ4n) is 2.51.